The minimum Gasteiger partial charge on any atom is -0.377 e. The summed E-state index contributed by atoms with van der Waals surface area (Å²) in [4.78, 5) is 8.46. The van der Waals surface area contributed by atoms with Gasteiger partial charge in [-0.25, -0.2) is 0 Å². The summed E-state index contributed by atoms with van der Waals surface area (Å²) in [6.45, 7) is 3.38. The fraction of sp³-hybridized carbons (Fsp3) is 0.600. The topological polar surface area (TPSA) is 81.8 Å². The van der Waals surface area contributed by atoms with E-state index >= 15 is 0 Å². The quantitative estimate of drug-likeness (QED) is 0.287. The maximum absolute atomic E-state index is 5.78. The lowest BCUT2D eigenvalue weighted by Gasteiger charge is -2.09. The van der Waals surface area contributed by atoms with E-state index in [1.165, 1.54) is 0 Å². The van der Waals surface area contributed by atoms with Crippen molar-refractivity contribution in [3.8, 4) is 0 Å². The second-order valence-corrected chi connectivity index (χ2v) is 4.97. The molecule has 1 aliphatic heterocycles. The highest BCUT2D eigenvalue weighted by molar-refractivity contribution is 14.0. The van der Waals surface area contributed by atoms with E-state index in [1.807, 2.05) is 18.2 Å². The fourth-order valence-corrected chi connectivity index (χ4v) is 2.14. The number of hydrogen-bond acceptors (Lipinski definition) is 4. The number of aliphatic imine (C=N–C) groups is 1. The van der Waals surface area contributed by atoms with Crippen LogP contribution in [0.4, 0.5) is 0 Å². The number of hydrogen-bond donors (Lipinski definition) is 2. The zero-order valence-corrected chi connectivity index (χ0v) is 15.1. The van der Waals surface area contributed by atoms with Gasteiger partial charge in [-0.05, 0) is 25.0 Å². The maximum Gasteiger partial charge on any atom is 0.188 e. The van der Waals surface area contributed by atoms with Gasteiger partial charge in [0.25, 0.3) is 0 Å². The predicted molar refractivity (Wildman–Crippen MR) is 97.6 cm³/mol. The molecule has 124 valence electrons. The largest absolute Gasteiger partial charge is 0.377 e. The number of halogens is 1. The summed E-state index contributed by atoms with van der Waals surface area (Å²) in [5.41, 5.74) is 6.82. The Labute approximate surface area is 148 Å². The molecule has 1 aliphatic rings. The van der Waals surface area contributed by atoms with Crippen molar-refractivity contribution < 1.29 is 9.47 Å². The average Bonchev–Trinajstić information content (AvgIpc) is 3.01. The number of rotatable bonds is 8. The summed E-state index contributed by atoms with van der Waals surface area (Å²) in [6.07, 6.45) is 5.12. The Morgan fingerprint density at radius 2 is 2.41 bits per heavy atom. The number of nitrogens with zero attached hydrogens (tertiary/aromatic N) is 2. The van der Waals surface area contributed by atoms with Crippen molar-refractivity contribution in [2.75, 3.05) is 32.9 Å². The van der Waals surface area contributed by atoms with Gasteiger partial charge in [0.2, 0.25) is 0 Å². The third-order valence-electron chi connectivity index (χ3n) is 3.26. The molecular formula is C15H25IN4O2. The Kier molecular flexibility index (Phi) is 10.1. The van der Waals surface area contributed by atoms with Gasteiger partial charge in [-0.2, -0.15) is 0 Å². The van der Waals surface area contributed by atoms with E-state index < -0.39 is 0 Å². The number of nitrogens with one attached hydrogen (secondary N) is 1. The Hall–Kier alpha value is -0.930. The van der Waals surface area contributed by atoms with Crippen molar-refractivity contribution in [2.24, 2.45) is 10.7 Å². The third-order valence-corrected chi connectivity index (χ3v) is 3.26. The molecule has 2 heterocycles. The van der Waals surface area contributed by atoms with Gasteiger partial charge in [-0.1, -0.05) is 6.07 Å². The molecule has 7 heteroatoms. The molecule has 1 aromatic heterocycles. The second kappa shape index (κ2) is 11.6. The van der Waals surface area contributed by atoms with Crippen LogP contribution in [-0.4, -0.2) is 50.0 Å². The van der Waals surface area contributed by atoms with E-state index in [0.717, 1.165) is 38.1 Å². The minimum atomic E-state index is 0. The van der Waals surface area contributed by atoms with Crippen molar-refractivity contribution in [3.05, 3.63) is 30.1 Å². The van der Waals surface area contributed by atoms with Crippen molar-refractivity contribution in [2.45, 2.75) is 25.4 Å². The van der Waals surface area contributed by atoms with Crippen LogP contribution in [0.3, 0.4) is 0 Å². The normalized spacial score (nSPS) is 18.0. The lowest BCUT2D eigenvalue weighted by Crippen LogP contribution is -2.33. The molecule has 0 spiro atoms. The molecule has 1 unspecified atom stereocenters. The molecule has 0 aromatic carbocycles. The van der Waals surface area contributed by atoms with Crippen LogP contribution in [0.5, 0.6) is 0 Å². The summed E-state index contributed by atoms with van der Waals surface area (Å²) >= 11 is 0. The molecule has 0 bridgehead atoms. The molecule has 2 rings (SSSR count). The third kappa shape index (κ3) is 7.90. The Morgan fingerprint density at radius 1 is 1.50 bits per heavy atom. The second-order valence-electron chi connectivity index (χ2n) is 4.97. The van der Waals surface area contributed by atoms with Crippen molar-refractivity contribution in [3.63, 3.8) is 0 Å². The van der Waals surface area contributed by atoms with Crippen molar-refractivity contribution in [1.82, 2.24) is 10.3 Å². The number of nitrogens with two attached hydrogens (primary N) is 1. The standard InChI is InChI=1S/C15H24N4O2.HI/c16-15(18-8-6-13-4-1-2-7-17-13)19-9-11-20-12-14-5-3-10-21-14;/h1-2,4,7,14H,3,5-6,8-12H2,(H3,16,18,19);1H. The molecule has 0 radical (unpaired) electrons. The number of pyridine rings is 1. The monoisotopic (exact) mass is 420 g/mol. The van der Waals surface area contributed by atoms with Crippen LogP contribution in [0.2, 0.25) is 0 Å². The van der Waals surface area contributed by atoms with E-state index in [9.17, 15) is 0 Å². The molecule has 1 saturated heterocycles. The number of aromatic nitrogens is 1. The van der Waals surface area contributed by atoms with Crippen LogP contribution in [0.15, 0.2) is 29.4 Å². The van der Waals surface area contributed by atoms with Gasteiger partial charge in [0, 0.05) is 31.5 Å². The highest BCUT2D eigenvalue weighted by atomic mass is 127. The fourth-order valence-electron chi connectivity index (χ4n) is 2.14. The zero-order chi connectivity index (χ0) is 14.8. The summed E-state index contributed by atoms with van der Waals surface area (Å²) in [7, 11) is 0. The van der Waals surface area contributed by atoms with E-state index in [1.54, 1.807) is 6.20 Å². The molecule has 3 N–H and O–H groups in total. The molecule has 1 atom stereocenters. The van der Waals surface area contributed by atoms with Crippen LogP contribution in [0, 0.1) is 0 Å². The van der Waals surface area contributed by atoms with Gasteiger partial charge in [0.15, 0.2) is 5.96 Å². The van der Waals surface area contributed by atoms with Crippen LogP contribution in [-0.2, 0) is 15.9 Å². The summed E-state index contributed by atoms with van der Waals surface area (Å²) in [6, 6.07) is 5.88. The highest BCUT2D eigenvalue weighted by Crippen LogP contribution is 2.11. The predicted octanol–water partition coefficient (Wildman–Crippen LogP) is 1.34. The summed E-state index contributed by atoms with van der Waals surface area (Å²) < 4.78 is 11.0. The van der Waals surface area contributed by atoms with Crippen LogP contribution in [0.1, 0.15) is 18.5 Å². The summed E-state index contributed by atoms with van der Waals surface area (Å²) in [5.74, 6) is 0.451. The first kappa shape index (κ1) is 19.1. The SMILES string of the molecule is I.NC(=NCCOCC1CCCO1)NCCc1ccccn1. The van der Waals surface area contributed by atoms with Gasteiger partial charge in [0.05, 0.1) is 25.9 Å². The van der Waals surface area contributed by atoms with Crippen molar-refractivity contribution >= 4 is 29.9 Å². The molecule has 6 nitrogen and oxygen atoms in total. The van der Waals surface area contributed by atoms with Gasteiger partial charge in [0.1, 0.15) is 0 Å². The van der Waals surface area contributed by atoms with Gasteiger partial charge in [-0.3, -0.25) is 9.98 Å². The van der Waals surface area contributed by atoms with Gasteiger partial charge in [-0.15, -0.1) is 24.0 Å². The molecular weight excluding hydrogens is 395 g/mol. The van der Waals surface area contributed by atoms with E-state index in [0.29, 0.717) is 25.7 Å². The first-order valence-corrected chi connectivity index (χ1v) is 7.47. The molecule has 1 fully saturated rings. The molecule has 0 saturated carbocycles. The average molecular weight is 420 g/mol. The van der Waals surface area contributed by atoms with E-state index in [4.69, 9.17) is 15.2 Å². The van der Waals surface area contributed by atoms with E-state index in [2.05, 4.69) is 15.3 Å². The van der Waals surface area contributed by atoms with Crippen molar-refractivity contribution in [1.29, 1.82) is 0 Å². The first-order valence-electron chi connectivity index (χ1n) is 7.47. The highest BCUT2D eigenvalue weighted by Gasteiger charge is 2.14. The van der Waals surface area contributed by atoms with Gasteiger partial charge < -0.3 is 20.5 Å². The Morgan fingerprint density at radius 3 is 3.14 bits per heavy atom. The van der Waals surface area contributed by atoms with Crippen LogP contribution >= 0.6 is 24.0 Å². The smallest absolute Gasteiger partial charge is 0.188 e. The van der Waals surface area contributed by atoms with Crippen LogP contribution < -0.4 is 11.1 Å². The van der Waals surface area contributed by atoms with Gasteiger partial charge >= 0.3 is 0 Å². The lowest BCUT2D eigenvalue weighted by atomic mass is 10.2. The molecule has 22 heavy (non-hydrogen) atoms. The van der Waals surface area contributed by atoms with Crippen LogP contribution in [0.25, 0.3) is 0 Å². The number of guanidine groups is 1. The lowest BCUT2D eigenvalue weighted by molar-refractivity contribution is 0.0200. The number of ether oxygens (including phenoxy) is 2. The Bertz CT molecular complexity index is 425. The molecule has 0 aliphatic carbocycles. The zero-order valence-electron chi connectivity index (χ0n) is 12.7. The summed E-state index contributed by atoms with van der Waals surface area (Å²) in [5, 5.41) is 3.07. The maximum atomic E-state index is 5.78. The Balaban J connectivity index is 0.00000242. The molecule has 0 amide bonds. The minimum absolute atomic E-state index is 0. The van der Waals surface area contributed by atoms with E-state index in [-0.39, 0.29) is 30.1 Å². The first-order chi connectivity index (χ1) is 10.3. The molecule has 1 aromatic rings.